The highest BCUT2D eigenvalue weighted by atomic mass is 16.8. The van der Waals surface area contributed by atoms with Crippen LogP contribution in [0.5, 0.6) is 0 Å². The first-order chi connectivity index (χ1) is 10.5. The maximum Gasteiger partial charge on any atom is 0.512 e. The molecule has 0 saturated carbocycles. The molecule has 13 nitrogen and oxygen atoms in total. The third-order valence-electron chi connectivity index (χ3n) is 1.25. The molecule has 0 aliphatic carbocycles. The molecular formula is C19H56O13. The molecule has 210 valence electrons. The second-order valence-electron chi connectivity index (χ2n) is 2.54. The normalized spacial score (nSPS) is 6.00. The highest BCUT2D eigenvalue weighted by Crippen LogP contribution is 1.87. The van der Waals surface area contributed by atoms with Crippen LogP contribution in [0.1, 0.15) is 74.3 Å². The zero-order chi connectivity index (χ0) is 17.2. The fourth-order valence-electron chi connectivity index (χ4n) is 0.586. The van der Waals surface area contributed by atoms with Crippen molar-refractivity contribution in [2.75, 3.05) is 40.4 Å². The summed E-state index contributed by atoms with van der Waals surface area (Å²) in [4.78, 5) is 30.7. The fraction of sp³-hybridized carbons (Fsp3) is 0.842. The van der Waals surface area contributed by atoms with E-state index in [4.69, 9.17) is 20.4 Å². The molecule has 32 heavy (non-hydrogen) atoms. The van der Waals surface area contributed by atoms with Crippen LogP contribution in [0.15, 0.2) is 0 Å². The Bertz CT molecular complexity index is 286. The molecule has 0 aromatic carbocycles. The zero-order valence-corrected chi connectivity index (χ0v) is 11.2. The Kier molecular flexibility index (Phi) is 154. The molecule has 0 fully saturated rings. The lowest BCUT2D eigenvalue weighted by atomic mass is 10.8. The van der Waals surface area contributed by atoms with Crippen molar-refractivity contribution in [3.05, 3.63) is 0 Å². The fourth-order valence-corrected chi connectivity index (χ4v) is 0.586. The molecule has 0 spiro atoms. The summed E-state index contributed by atoms with van der Waals surface area (Å²) < 4.78 is 24.2. The van der Waals surface area contributed by atoms with E-state index in [1.165, 1.54) is 0 Å². The summed E-state index contributed by atoms with van der Waals surface area (Å²) >= 11 is 0. The van der Waals surface area contributed by atoms with Gasteiger partial charge in [0.1, 0.15) is 13.2 Å². The van der Waals surface area contributed by atoms with Gasteiger partial charge < -0.3 is 48.8 Å². The lowest BCUT2D eigenvalue weighted by Crippen LogP contribution is -2.15. The molecule has 0 saturated heterocycles. The van der Waals surface area contributed by atoms with Gasteiger partial charge in [-0.1, -0.05) is 74.3 Å². The molecule has 0 aliphatic heterocycles. The molecule has 0 aromatic heterocycles. The van der Waals surface area contributed by atoms with E-state index in [1.807, 2.05) is 0 Å². The van der Waals surface area contributed by atoms with E-state index in [1.54, 1.807) is 0 Å². The highest BCUT2D eigenvalue weighted by Gasteiger charge is 2.05. The lowest BCUT2D eigenvalue weighted by molar-refractivity contribution is -0.0390. The molecule has 0 amide bonds. The molecule has 4 N–H and O–H groups in total. The third kappa shape index (κ3) is 70.8. The van der Waals surface area contributed by atoms with Crippen molar-refractivity contribution in [1.29, 1.82) is 0 Å². The number of carbonyl (C=O) groups is 3. The van der Waals surface area contributed by atoms with Gasteiger partial charge in [-0.05, 0) is 0 Å². The summed E-state index contributed by atoms with van der Waals surface area (Å²) in [5.41, 5.74) is 0. The summed E-state index contributed by atoms with van der Waals surface area (Å²) in [5.74, 6) is 0. The second kappa shape index (κ2) is 63.0. The van der Waals surface area contributed by atoms with Crippen LogP contribution in [0.3, 0.4) is 0 Å². The van der Waals surface area contributed by atoms with Crippen LogP contribution in [-0.4, -0.2) is 79.3 Å². The van der Waals surface area contributed by atoms with Crippen molar-refractivity contribution >= 4 is 18.5 Å². The van der Waals surface area contributed by atoms with Crippen molar-refractivity contribution in [3.63, 3.8) is 0 Å². The quantitative estimate of drug-likeness (QED) is 0.167. The Labute approximate surface area is 197 Å². The van der Waals surface area contributed by atoms with Gasteiger partial charge in [0.25, 0.3) is 0 Å². The van der Waals surface area contributed by atoms with Gasteiger partial charge in [0, 0.05) is 0 Å². The molecule has 0 heterocycles. The SMILES string of the molecule is C.C.C.C.C.C.C.C.C.C.O=C(OCO)OCCOC(=O)OCO.O=C(OCO)OCO. The number of aliphatic hydroxyl groups excluding tert-OH is 4. The summed E-state index contributed by atoms with van der Waals surface area (Å²) in [6.45, 7) is -3.52. The Morgan fingerprint density at radius 1 is 0.375 bits per heavy atom. The maximum atomic E-state index is 10.4. The van der Waals surface area contributed by atoms with E-state index in [2.05, 4.69) is 28.4 Å². The molecule has 0 rings (SSSR count). The zero-order valence-electron chi connectivity index (χ0n) is 11.2. The van der Waals surface area contributed by atoms with Crippen molar-refractivity contribution in [2.45, 2.75) is 74.3 Å². The van der Waals surface area contributed by atoms with Gasteiger partial charge in [0.15, 0.2) is 27.2 Å². The number of ether oxygens (including phenoxy) is 6. The number of rotatable bonds is 7. The van der Waals surface area contributed by atoms with Crippen LogP contribution in [0.25, 0.3) is 0 Å². The van der Waals surface area contributed by atoms with Gasteiger partial charge in [-0.25, -0.2) is 14.4 Å². The standard InChI is InChI=1S/C6H10O8.C3H6O5.10CH4/c7-3-13-5(9)11-1-2-12-6(10)14-4-8;4-1-7-3(6)8-2-5;;;;;;;;;;/h7-8H,1-4H2;4-5H,1-2H2;10*1H4. The minimum Gasteiger partial charge on any atom is -0.431 e. The summed E-state index contributed by atoms with van der Waals surface area (Å²) in [7, 11) is 0. The molecular weight excluding hydrogens is 436 g/mol. The van der Waals surface area contributed by atoms with Gasteiger partial charge >= 0.3 is 18.5 Å². The van der Waals surface area contributed by atoms with E-state index in [0.717, 1.165) is 0 Å². The minimum absolute atomic E-state index is 0. The van der Waals surface area contributed by atoms with Crippen molar-refractivity contribution in [1.82, 2.24) is 0 Å². The van der Waals surface area contributed by atoms with Crippen LogP contribution in [0.2, 0.25) is 0 Å². The monoisotopic (exact) mass is 492 g/mol. The minimum atomic E-state index is -1.09. The summed E-state index contributed by atoms with van der Waals surface area (Å²) in [5, 5.41) is 31.9. The van der Waals surface area contributed by atoms with E-state index >= 15 is 0 Å². The van der Waals surface area contributed by atoms with Crippen molar-refractivity contribution in [3.8, 4) is 0 Å². The van der Waals surface area contributed by atoms with Crippen LogP contribution in [0.4, 0.5) is 14.4 Å². The second-order valence-corrected chi connectivity index (χ2v) is 2.54. The average molecular weight is 493 g/mol. The Balaban J connectivity index is -0.0000000203. The number of hydrogen-bond acceptors (Lipinski definition) is 13. The number of hydrogen-bond donors (Lipinski definition) is 4. The van der Waals surface area contributed by atoms with Crippen LogP contribution < -0.4 is 0 Å². The lowest BCUT2D eigenvalue weighted by Gasteiger charge is -2.04. The van der Waals surface area contributed by atoms with Crippen LogP contribution >= 0.6 is 0 Å². The van der Waals surface area contributed by atoms with E-state index in [-0.39, 0.29) is 87.5 Å². The molecule has 13 heteroatoms. The third-order valence-corrected chi connectivity index (χ3v) is 1.25. The van der Waals surface area contributed by atoms with Gasteiger partial charge in [0.05, 0.1) is 0 Å². The molecule has 0 bridgehead atoms. The van der Waals surface area contributed by atoms with E-state index in [9.17, 15) is 14.4 Å². The molecule has 0 aliphatic rings. The topological polar surface area (TPSA) is 188 Å². The first kappa shape index (κ1) is 78.1. The predicted octanol–water partition coefficient (Wildman–Crippen LogP) is 4.59. The van der Waals surface area contributed by atoms with Crippen LogP contribution in [0, 0.1) is 0 Å². The Morgan fingerprint density at radius 3 is 0.688 bits per heavy atom. The van der Waals surface area contributed by atoms with Crippen molar-refractivity contribution in [2.24, 2.45) is 0 Å². The first-order valence-electron chi connectivity index (χ1n) is 5.33. The molecule has 0 unspecified atom stereocenters. The van der Waals surface area contributed by atoms with Crippen LogP contribution in [-0.2, 0) is 28.4 Å². The van der Waals surface area contributed by atoms with Gasteiger partial charge in [-0.2, -0.15) is 0 Å². The van der Waals surface area contributed by atoms with Crippen molar-refractivity contribution < 1.29 is 63.2 Å². The molecule has 0 aromatic rings. The van der Waals surface area contributed by atoms with E-state index in [0.29, 0.717) is 0 Å². The summed E-state index contributed by atoms with van der Waals surface area (Å²) in [6, 6.07) is 0. The number of carbonyl (C=O) groups excluding carboxylic acids is 3. The van der Waals surface area contributed by atoms with Gasteiger partial charge in [0.2, 0.25) is 0 Å². The summed E-state index contributed by atoms with van der Waals surface area (Å²) in [6.07, 6.45) is -3.24. The highest BCUT2D eigenvalue weighted by molar-refractivity contribution is 5.60. The maximum absolute atomic E-state index is 10.4. The smallest absolute Gasteiger partial charge is 0.431 e. The van der Waals surface area contributed by atoms with Gasteiger partial charge in [-0.3, -0.25) is 0 Å². The molecule has 0 atom stereocenters. The number of aliphatic hydroxyl groups is 4. The van der Waals surface area contributed by atoms with Gasteiger partial charge in [-0.15, -0.1) is 0 Å². The Hall–Kier alpha value is -2.35. The average Bonchev–Trinajstić information content (AvgIpc) is 2.45. The first-order valence-corrected chi connectivity index (χ1v) is 5.33. The largest absolute Gasteiger partial charge is 0.512 e. The predicted molar refractivity (Wildman–Crippen MR) is 128 cm³/mol. The van der Waals surface area contributed by atoms with E-state index < -0.39 is 45.6 Å². The molecule has 0 radical (unpaired) electrons. The Morgan fingerprint density at radius 2 is 0.531 bits per heavy atom.